The van der Waals surface area contributed by atoms with Crippen molar-refractivity contribution >= 4 is 35.0 Å². The molecule has 0 aliphatic heterocycles. The van der Waals surface area contributed by atoms with E-state index in [1.165, 1.54) is 11.0 Å². The maximum Gasteiger partial charge on any atom is 0.414 e. The Bertz CT molecular complexity index is 703. The number of rotatable bonds is 4. The third kappa shape index (κ3) is 5.35. The molecule has 2 aromatic rings. The van der Waals surface area contributed by atoms with Crippen LogP contribution in [0.1, 0.15) is 26.3 Å². The van der Waals surface area contributed by atoms with Crippen LogP contribution in [-0.2, 0) is 11.2 Å². The van der Waals surface area contributed by atoms with E-state index in [4.69, 9.17) is 27.9 Å². The molecule has 1 aromatic heterocycles. The Labute approximate surface area is 151 Å². The summed E-state index contributed by atoms with van der Waals surface area (Å²) in [6.07, 6.45) is 0.125. The summed E-state index contributed by atoms with van der Waals surface area (Å²) in [6.45, 7) is 5.79. The molecule has 0 fully saturated rings. The summed E-state index contributed by atoms with van der Waals surface area (Å²) in [5.74, 6) is 0. The fourth-order valence-electron chi connectivity index (χ4n) is 2.05. The van der Waals surface area contributed by atoms with Crippen molar-refractivity contribution < 1.29 is 9.53 Å². The number of ether oxygens (including phenoxy) is 1. The standard InChI is InChI=1S/C17H19Cl2N3O2/c1-17(2,3)24-16(23)22(10-9-12-7-5-4-6-8-12)13-11-14(18)20-21-15(13)19/h4-8,11H,9-10H2,1-3H3. The van der Waals surface area contributed by atoms with Crippen molar-refractivity contribution in [3.8, 4) is 0 Å². The molecule has 1 aromatic carbocycles. The first kappa shape index (κ1) is 18.5. The molecule has 1 amide bonds. The molecule has 24 heavy (non-hydrogen) atoms. The number of anilines is 1. The summed E-state index contributed by atoms with van der Waals surface area (Å²) in [5.41, 5.74) is 0.843. The molecule has 128 valence electrons. The topological polar surface area (TPSA) is 55.3 Å². The molecule has 5 nitrogen and oxygen atoms in total. The Hall–Kier alpha value is -1.85. The van der Waals surface area contributed by atoms with Crippen molar-refractivity contribution in [2.24, 2.45) is 0 Å². The van der Waals surface area contributed by atoms with Crippen LogP contribution in [0.4, 0.5) is 10.5 Å². The zero-order chi connectivity index (χ0) is 17.7. The van der Waals surface area contributed by atoms with Crippen LogP contribution < -0.4 is 4.90 Å². The number of hydrogen-bond acceptors (Lipinski definition) is 4. The SMILES string of the molecule is CC(C)(C)OC(=O)N(CCc1ccccc1)c1cc(Cl)nnc1Cl. The molecular formula is C17H19Cl2N3O2. The molecule has 0 aliphatic carbocycles. The van der Waals surface area contributed by atoms with Crippen LogP contribution in [0.2, 0.25) is 10.3 Å². The van der Waals surface area contributed by atoms with Gasteiger partial charge < -0.3 is 4.74 Å². The van der Waals surface area contributed by atoms with E-state index in [0.29, 0.717) is 18.7 Å². The summed E-state index contributed by atoms with van der Waals surface area (Å²) in [5, 5.41) is 7.70. The summed E-state index contributed by atoms with van der Waals surface area (Å²) in [7, 11) is 0. The van der Waals surface area contributed by atoms with Gasteiger partial charge in [-0.25, -0.2) is 4.79 Å². The average molecular weight is 368 g/mol. The van der Waals surface area contributed by atoms with Crippen molar-refractivity contribution in [2.75, 3.05) is 11.4 Å². The number of carbonyl (C=O) groups is 1. The quantitative estimate of drug-likeness (QED) is 0.780. The summed E-state index contributed by atoms with van der Waals surface area (Å²) in [4.78, 5) is 14.0. The van der Waals surface area contributed by atoms with E-state index >= 15 is 0 Å². The highest BCUT2D eigenvalue weighted by atomic mass is 35.5. The average Bonchev–Trinajstić information content (AvgIpc) is 2.50. The molecule has 2 rings (SSSR count). The van der Waals surface area contributed by atoms with E-state index < -0.39 is 11.7 Å². The highest BCUT2D eigenvalue weighted by Gasteiger charge is 2.25. The smallest absolute Gasteiger partial charge is 0.414 e. The van der Waals surface area contributed by atoms with E-state index in [1.807, 2.05) is 30.3 Å². The second kappa shape index (κ2) is 7.81. The number of aromatic nitrogens is 2. The maximum atomic E-state index is 12.6. The van der Waals surface area contributed by atoms with Crippen LogP contribution in [0.3, 0.4) is 0 Å². The number of halogens is 2. The van der Waals surface area contributed by atoms with Gasteiger partial charge in [-0.15, -0.1) is 10.2 Å². The molecule has 0 unspecified atom stereocenters. The number of carbonyl (C=O) groups excluding carboxylic acids is 1. The summed E-state index contributed by atoms with van der Waals surface area (Å²) >= 11 is 12.0. The van der Waals surface area contributed by atoms with Gasteiger partial charge >= 0.3 is 6.09 Å². The van der Waals surface area contributed by atoms with Crippen LogP contribution in [0.5, 0.6) is 0 Å². The van der Waals surface area contributed by atoms with Crippen molar-refractivity contribution in [2.45, 2.75) is 32.8 Å². The Morgan fingerprint density at radius 3 is 2.46 bits per heavy atom. The van der Waals surface area contributed by atoms with Gasteiger partial charge in [0.05, 0.1) is 5.69 Å². The normalized spacial score (nSPS) is 11.2. The maximum absolute atomic E-state index is 12.6. The number of benzene rings is 1. The Balaban J connectivity index is 2.27. The Kier molecular flexibility index (Phi) is 6.02. The number of amides is 1. The molecule has 0 radical (unpaired) electrons. The monoisotopic (exact) mass is 367 g/mol. The molecule has 0 spiro atoms. The van der Waals surface area contributed by atoms with E-state index in [-0.39, 0.29) is 10.3 Å². The largest absolute Gasteiger partial charge is 0.443 e. The van der Waals surface area contributed by atoms with Crippen molar-refractivity contribution in [3.63, 3.8) is 0 Å². The highest BCUT2D eigenvalue weighted by molar-refractivity contribution is 6.33. The van der Waals surface area contributed by atoms with Gasteiger partial charge in [0.1, 0.15) is 5.60 Å². The molecule has 1 heterocycles. The van der Waals surface area contributed by atoms with Gasteiger partial charge in [-0.1, -0.05) is 53.5 Å². The fraction of sp³-hybridized carbons (Fsp3) is 0.353. The van der Waals surface area contributed by atoms with Crippen LogP contribution in [0, 0.1) is 0 Å². The molecule has 7 heteroatoms. The second-order valence-corrected chi connectivity index (χ2v) is 6.96. The second-order valence-electron chi connectivity index (χ2n) is 6.21. The molecule has 0 atom stereocenters. The lowest BCUT2D eigenvalue weighted by Gasteiger charge is -2.27. The minimum atomic E-state index is -0.626. The highest BCUT2D eigenvalue weighted by Crippen LogP contribution is 2.27. The molecule has 0 saturated heterocycles. The third-order valence-corrected chi connectivity index (χ3v) is 3.53. The first-order valence-corrected chi connectivity index (χ1v) is 8.25. The van der Waals surface area contributed by atoms with E-state index in [9.17, 15) is 4.79 Å². The first-order valence-electron chi connectivity index (χ1n) is 7.49. The zero-order valence-corrected chi connectivity index (χ0v) is 15.3. The van der Waals surface area contributed by atoms with E-state index in [2.05, 4.69) is 10.2 Å². The van der Waals surface area contributed by atoms with Crippen LogP contribution >= 0.6 is 23.2 Å². The van der Waals surface area contributed by atoms with Gasteiger partial charge in [0.25, 0.3) is 0 Å². The van der Waals surface area contributed by atoms with Gasteiger partial charge in [-0.05, 0) is 32.8 Å². The molecule has 0 saturated carbocycles. The van der Waals surface area contributed by atoms with Crippen molar-refractivity contribution in [3.05, 3.63) is 52.3 Å². The van der Waals surface area contributed by atoms with Gasteiger partial charge in [0.2, 0.25) is 0 Å². The van der Waals surface area contributed by atoms with Gasteiger partial charge in [-0.2, -0.15) is 0 Å². The lowest BCUT2D eigenvalue weighted by molar-refractivity contribution is 0.0580. The first-order chi connectivity index (χ1) is 11.3. The van der Waals surface area contributed by atoms with Crippen LogP contribution in [0.25, 0.3) is 0 Å². The fourth-order valence-corrected chi connectivity index (χ4v) is 2.38. The summed E-state index contributed by atoms with van der Waals surface area (Å²) in [6, 6.07) is 11.3. The Morgan fingerprint density at radius 2 is 1.83 bits per heavy atom. The molecule has 0 N–H and O–H groups in total. The summed E-state index contributed by atoms with van der Waals surface area (Å²) < 4.78 is 5.47. The van der Waals surface area contributed by atoms with E-state index in [0.717, 1.165) is 5.56 Å². The van der Waals surface area contributed by atoms with Crippen LogP contribution in [0.15, 0.2) is 36.4 Å². The predicted octanol–water partition coefficient (Wildman–Crippen LogP) is 4.77. The zero-order valence-electron chi connectivity index (χ0n) is 13.8. The van der Waals surface area contributed by atoms with Gasteiger partial charge in [-0.3, -0.25) is 4.90 Å². The van der Waals surface area contributed by atoms with Gasteiger partial charge in [0.15, 0.2) is 10.3 Å². The minimum absolute atomic E-state index is 0.0957. The van der Waals surface area contributed by atoms with Crippen molar-refractivity contribution in [1.29, 1.82) is 0 Å². The molecule has 0 bridgehead atoms. The van der Waals surface area contributed by atoms with E-state index in [1.54, 1.807) is 20.8 Å². The predicted molar refractivity (Wildman–Crippen MR) is 95.8 cm³/mol. The van der Waals surface area contributed by atoms with Crippen LogP contribution in [-0.4, -0.2) is 28.4 Å². The molecular weight excluding hydrogens is 349 g/mol. The Morgan fingerprint density at radius 1 is 1.17 bits per heavy atom. The van der Waals surface area contributed by atoms with Gasteiger partial charge in [0, 0.05) is 12.6 Å². The lowest BCUT2D eigenvalue weighted by Crippen LogP contribution is -2.38. The lowest BCUT2D eigenvalue weighted by atomic mass is 10.1. The third-order valence-electron chi connectivity index (χ3n) is 3.07. The van der Waals surface area contributed by atoms with Crippen molar-refractivity contribution in [1.82, 2.24) is 10.2 Å². The number of hydrogen-bond donors (Lipinski definition) is 0. The minimum Gasteiger partial charge on any atom is -0.443 e. The number of nitrogens with zero attached hydrogens (tertiary/aromatic N) is 3. The molecule has 0 aliphatic rings.